The van der Waals surface area contributed by atoms with E-state index in [-0.39, 0.29) is 29.0 Å². The molecule has 8 nitrogen and oxygen atoms in total. The number of amides is 1. The number of esters is 1. The number of nitro benzene ring substituents is 1. The van der Waals surface area contributed by atoms with E-state index in [1.807, 2.05) is 0 Å². The maximum atomic E-state index is 12.9. The number of likely N-dealkylation sites (tertiary alicyclic amines) is 1. The number of hydrogen-bond acceptors (Lipinski definition) is 6. The van der Waals surface area contributed by atoms with Gasteiger partial charge in [-0.2, -0.15) is 0 Å². The molecule has 2 unspecified atom stereocenters. The van der Waals surface area contributed by atoms with Gasteiger partial charge in [-0.3, -0.25) is 19.7 Å². The van der Waals surface area contributed by atoms with Crippen molar-refractivity contribution >= 4 is 23.3 Å². The molecule has 1 aromatic rings. The minimum absolute atomic E-state index is 0.133. The number of ether oxygens (including phenoxy) is 1. The van der Waals surface area contributed by atoms with Crippen LogP contribution in [0.25, 0.3) is 0 Å². The lowest BCUT2D eigenvalue weighted by molar-refractivity contribution is -0.385. The molecule has 28 heavy (non-hydrogen) atoms. The lowest BCUT2D eigenvalue weighted by atomic mass is 9.81. The van der Waals surface area contributed by atoms with E-state index in [2.05, 4.69) is 4.90 Å². The number of nitrogens with zero attached hydrogens (tertiary/aromatic N) is 3. The molecular formula is C20H25N3O5. The minimum Gasteiger partial charge on any atom is -0.469 e. The van der Waals surface area contributed by atoms with Gasteiger partial charge in [0, 0.05) is 37.9 Å². The van der Waals surface area contributed by atoms with Crippen molar-refractivity contribution in [3.05, 3.63) is 33.9 Å². The van der Waals surface area contributed by atoms with Crippen LogP contribution in [0.15, 0.2) is 18.2 Å². The minimum atomic E-state index is -0.504. The number of nitro groups is 1. The van der Waals surface area contributed by atoms with Crippen molar-refractivity contribution in [2.75, 3.05) is 38.2 Å². The molecule has 2 heterocycles. The van der Waals surface area contributed by atoms with Crippen LogP contribution in [0.5, 0.6) is 0 Å². The zero-order valence-electron chi connectivity index (χ0n) is 16.1. The van der Waals surface area contributed by atoms with Crippen molar-refractivity contribution in [2.24, 2.45) is 11.3 Å². The van der Waals surface area contributed by atoms with Gasteiger partial charge in [-0.1, -0.05) is 6.42 Å². The smallest absolute Gasteiger partial charge is 0.313 e. The summed E-state index contributed by atoms with van der Waals surface area (Å²) in [4.78, 5) is 40.1. The largest absolute Gasteiger partial charge is 0.469 e. The van der Waals surface area contributed by atoms with Crippen LogP contribution in [0.3, 0.4) is 0 Å². The van der Waals surface area contributed by atoms with Gasteiger partial charge in [-0.15, -0.1) is 0 Å². The van der Waals surface area contributed by atoms with E-state index in [0.717, 1.165) is 37.8 Å². The summed E-state index contributed by atoms with van der Waals surface area (Å²) in [5.41, 5.74) is 0.220. The van der Waals surface area contributed by atoms with Gasteiger partial charge in [0.05, 0.1) is 17.4 Å². The van der Waals surface area contributed by atoms with Crippen LogP contribution < -0.4 is 4.90 Å². The number of carbonyl (C=O) groups is 2. The highest BCUT2D eigenvalue weighted by Gasteiger charge is 2.55. The van der Waals surface area contributed by atoms with Gasteiger partial charge >= 0.3 is 5.97 Å². The molecular weight excluding hydrogens is 362 g/mol. The fourth-order valence-electron chi connectivity index (χ4n) is 5.16. The summed E-state index contributed by atoms with van der Waals surface area (Å²) in [6.45, 7) is 2.50. The first kappa shape index (κ1) is 18.7. The molecule has 2 atom stereocenters. The lowest BCUT2D eigenvalue weighted by Gasteiger charge is -2.26. The van der Waals surface area contributed by atoms with Crippen LogP contribution in [0.4, 0.5) is 11.4 Å². The second-order valence-electron chi connectivity index (χ2n) is 8.08. The molecule has 0 N–H and O–H groups in total. The lowest BCUT2D eigenvalue weighted by Crippen LogP contribution is -2.37. The van der Waals surface area contributed by atoms with Crippen LogP contribution in [-0.4, -0.2) is 55.0 Å². The quantitative estimate of drug-likeness (QED) is 0.448. The molecule has 1 saturated carbocycles. The molecule has 1 aliphatic carbocycles. The van der Waals surface area contributed by atoms with Gasteiger partial charge in [0.25, 0.3) is 11.6 Å². The standard InChI is InChI=1S/C20H25N3O5/c1-28-19(25)20-8-4-5-14(20)12-22(13-20)15-6-7-17(23(26)27)16(11-15)18(24)21-9-2-3-10-21/h6-7,11,14H,2-5,8-10,12-13H2,1H3. The maximum absolute atomic E-state index is 12.9. The number of fused-ring (bicyclic) bond motifs is 1. The summed E-state index contributed by atoms with van der Waals surface area (Å²) in [5, 5.41) is 11.5. The van der Waals surface area contributed by atoms with E-state index in [0.29, 0.717) is 26.2 Å². The van der Waals surface area contributed by atoms with Gasteiger partial charge in [-0.25, -0.2) is 0 Å². The molecule has 3 aliphatic rings. The number of rotatable bonds is 4. The van der Waals surface area contributed by atoms with Crippen LogP contribution in [0.1, 0.15) is 42.5 Å². The summed E-state index contributed by atoms with van der Waals surface area (Å²) in [6.07, 6.45) is 4.63. The summed E-state index contributed by atoms with van der Waals surface area (Å²) >= 11 is 0. The highest BCUT2D eigenvalue weighted by atomic mass is 16.6. The molecule has 0 radical (unpaired) electrons. The van der Waals surface area contributed by atoms with Crippen LogP contribution >= 0.6 is 0 Å². The Morgan fingerprint density at radius 1 is 1.25 bits per heavy atom. The first-order chi connectivity index (χ1) is 13.5. The Morgan fingerprint density at radius 2 is 2.00 bits per heavy atom. The van der Waals surface area contributed by atoms with Gasteiger partial charge in [-0.05, 0) is 43.7 Å². The van der Waals surface area contributed by atoms with Crippen LogP contribution in [0.2, 0.25) is 0 Å². The highest BCUT2D eigenvalue weighted by molar-refractivity contribution is 5.99. The monoisotopic (exact) mass is 387 g/mol. The Hall–Kier alpha value is -2.64. The Balaban J connectivity index is 1.66. The van der Waals surface area contributed by atoms with Crippen LogP contribution in [0, 0.1) is 21.4 Å². The molecule has 1 aromatic carbocycles. The van der Waals surface area contributed by atoms with E-state index < -0.39 is 10.3 Å². The Kier molecular flexibility index (Phi) is 4.72. The first-order valence-electron chi connectivity index (χ1n) is 9.87. The second kappa shape index (κ2) is 7.07. The fraction of sp³-hybridized carbons (Fsp3) is 0.600. The molecule has 1 amide bonds. The first-order valence-corrected chi connectivity index (χ1v) is 9.87. The number of carbonyl (C=O) groups excluding carboxylic acids is 2. The molecule has 8 heteroatoms. The van der Waals surface area contributed by atoms with E-state index >= 15 is 0 Å². The van der Waals surface area contributed by atoms with Gasteiger partial charge in [0.2, 0.25) is 0 Å². The van der Waals surface area contributed by atoms with Crippen molar-refractivity contribution in [1.29, 1.82) is 0 Å². The number of methoxy groups -OCH3 is 1. The average Bonchev–Trinajstić information content (AvgIpc) is 3.41. The Labute approximate surface area is 163 Å². The third-order valence-electron chi connectivity index (χ3n) is 6.63. The third-order valence-corrected chi connectivity index (χ3v) is 6.63. The summed E-state index contributed by atoms with van der Waals surface area (Å²) in [5.74, 6) is -0.242. The number of hydrogen-bond donors (Lipinski definition) is 0. The normalized spacial score (nSPS) is 26.4. The molecule has 0 bridgehead atoms. The van der Waals surface area contributed by atoms with Crippen LogP contribution in [-0.2, 0) is 9.53 Å². The highest BCUT2D eigenvalue weighted by Crippen LogP contribution is 2.50. The predicted molar refractivity (Wildman–Crippen MR) is 102 cm³/mol. The molecule has 0 spiro atoms. The molecule has 150 valence electrons. The van der Waals surface area contributed by atoms with Gasteiger partial charge in [0.15, 0.2) is 0 Å². The van der Waals surface area contributed by atoms with Crippen molar-refractivity contribution in [1.82, 2.24) is 4.90 Å². The van der Waals surface area contributed by atoms with Gasteiger partial charge in [0.1, 0.15) is 5.56 Å². The third kappa shape index (κ3) is 2.91. The molecule has 4 rings (SSSR count). The van der Waals surface area contributed by atoms with Crippen molar-refractivity contribution < 1.29 is 19.2 Å². The average molecular weight is 387 g/mol. The van der Waals surface area contributed by atoms with Gasteiger partial charge < -0.3 is 14.5 Å². The Bertz CT molecular complexity index is 820. The fourth-order valence-corrected chi connectivity index (χ4v) is 5.16. The summed E-state index contributed by atoms with van der Waals surface area (Å²) in [7, 11) is 1.42. The summed E-state index contributed by atoms with van der Waals surface area (Å²) in [6, 6.07) is 4.73. The van der Waals surface area contributed by atoms with E-state index in [1.54, 1.807) is 17.0 Å². The second-order valence-corrected chi connectivity index (χ2v) is 8.08. The van der Waals surface area contributed by atoms with Crippen molar-refractivity contribution in [2.45, 2.75) is 32.1 Å². The number of anilines is 1. The molecule has 2 aliphatic heterocycles. The van der Waals surface area contributed by atoms with Crippen molar-refractivity contribution in [3.63, 3.8) is 0 Å². The van der Waals surface area contributed by atoms with E-state index in [1.165, 1.54) is 13.2 Å². The summed E-state index contributed by atoms with van der Waals surface area (Å²) < 4.78 is 5.09. The molecule has 2 saturated heterocycles. The van der Waals surface area contributed by atoms with Crippen molar-refractivity contribution in [3.8, 4) is 0 Å². The molecule has 3 fully saturated rings. The SMILES string of the molecule is COC(=O)C12CCCC1CN(c1ccc([N+](=O)[O-])c(C(=O)N3CCCC3)c1)C2. The maximum Gasteiger partial charge on any atom is 0.313 e. The van der Waals surface area contributed by atoms with E-state index in [9.17, 15) is 19.7 Å². The zero-order valence-corrected chi connectivity index (χ0v) is 16.1. The topological polar surface area (TPSA) is 93.0 Å². The van der Waals surface area contributed by atoms with E-state index in [4.69, 9.17) is 4.74 Å². The zero-order chi connectivity index (χ0) is 19.9. The predicted octanol–water partition coefficient (Wildman–Crippen LogP) is 2.61. The molecule has 0 aromatic heterocycles. The number of benzene rings is 1. The Morgan fingerprint density at radius 3 is 2.68 bits per heavy atom.